The molecule has 0 fully saturated rings. The Labute approximate surface area is 409 Å². The molecule has 0 radical (unpaired) electrons. The number of fused-ring (bicyclic) bond motifs is 6. The second-order valence-electron chi connectivity index (χ2n) is 18.5. The van der Waals surface area contributed by atoms with Crippen molar-refractivity contribution in [2.75, 3.05) is 4.90 Å². The van der Waals surface area contributed by atoms with Crippen molar-refractivity contribution in [3.8, 4) is 61.5 Å². The first-order valence-corrected chi connectivity index (χ1v) is 24.3. The number of hydrogen-bond acceptors (Lipinski definition) is 1. The molecule has 2 nitrogen and oxygen atoms in total. The summed E-state index contributed by atoms with van der Waals surface area (Å²) >= 11 is 0. The van der Waals surface area contributed by atoms with E-state index >= 15 is 0 Å². The van der Waals surface area contributed by atoms with Crippen LogP contribution in [0.25, 0.3) is 83.1 Å². The smallest absolute Gasteiger partial charge is 0.0582 e. The molecule has 1 aromatic heterocycles. The van der Waals surface area contributed by atoms with Crippen LogP contribution in [0.5, 0.6) is 0 Å². The zero-order valence-corrected chi connectivity index (χ0v) is 38.7. The van der Waals surface area contributed by atoms with Crippen molar-refractivity contribution in [2.45, 2.75) is 12.3 Å². The fraction of sp³-hybridized carbons (Fsp3) is 0.0294. The summed E-state index contributed by atoms with van der Waals surface area (Å²) < 4.78 is 2.49. The summed E-state index contributed by atoms with van der Waals surface area (Å²) in [4.78, 5) is 2.43. The minimum absolute atomic E-state index is 0.134. The molecule has 0 amide bonds. The van der Waals surface area contributed by atoms with Gasteiger partial charge in [0.15, 0.2) is 0 Å². The maximum atomic E-state index is 2.49. The third kappa shape index (κ3) is 7.48. The lowest BCUT2D eigenvalue weighted by atomic mass is 9.77. The molecule has 0 aliphatic heterocycles. The van der Waals surface area contributed by atoms with Gasteiger partial charge in [0.1, 0.15) is 0 Å². The van der Waals surface area contributed by atoms with Gasteiger partial charge in [-0.05, 0) is 157 Å². The molecule has 0 saturated carbocycles. The van der Waals surface area contributed by atoms with Gasteiger partial charge in [-0.25, -0.2) is 0 Å². The Morgan fingerprint density at radius 2 is 0.871 bits per heavy atom. The lowest BCUT2D eigenvalue weighted by Crippen LogP contribution is -2.15. The van der Waals surface area contributed by atoms with E-state index in [0.29, 0.717) is 0 Å². The SMILES string of the molecule is c1ccc(-c2cc(-c3ccccc3)cc(-c3ccc(N(c4ccc(-c5ccc6ccccc6c5)cc4)c4cccc(C5Cc6ccccc6-c6c5c5ccccc5n6-c5ccccc5)c4)cc3)c2)cc1. The molecule has 1 atom stereocenters. The average molecular weight is 893 g/mol. The third-order valence-corrected chi connectivity index (χ3v) is 14.3. The zero-order valence-electron chi connectivity index (χ0n) is 38.7. The summed E-state index contributed by atoms with van der Waals surface area (Å²) in [7, 11) is 0. The number of anilines is 3. The molecule has 0 bridgehead atoms. The second kappa shape index (κ2) is 17.6. The first-order valence-electron chi connectivity index (χ1n) is 24.3. The molecule has 11 aromatic carbocycles. The first-order chi connectivity index (χ1) is 34.7. The van der Waals surface area contributed by atoms with Crippen LogP contribution in [0.2, 0.25) is 0 Å². The van der Waals surface area contributed by atoms with E-state index < -0.39 is 0 Å². The molecule has 70 heavy (non-hydrogen) atoms. The highest BCUT2D eigenvalue weighted by molar-refractivity contribution is 5.97. The van der Waals surface area contributed by atoms with Crippen molar-refractivity contribution < 1.29 is 0 Å². The van der Waals surface area contributed by atoms with Crippen LogP contribution in [0, 0.1) is 0 Å². The van der Waals surface area contributed by atoms with E-state index in [9.17, 15) is 0 Å². The third-order valence-electron chi connectivity index (χ3n) is 14.3. The predicted octanol–water partition coefficient (Wildman–Crippen LogP) is 18.3. The molecule has 330 valence electrons. The van der Waals surface area contributed by atoms with Crippen LogP contribution in [0.15, 0.2) is 273 Å². The largest absolute Gasteiger partial charge is 0.310 e. The maximum absolute atomic E-state index is 2.49. The Balaban J connectivity index is 0.943. The highest BCUT2D eigenvalue weighted by atomic mass is 15.1. The van der Waals surface area contributed by atoms with Crippen molar-refractivity contribution in [1.29, 1.82) is 0 Å². The molecule has 1 aliphatic carbocycles. The first kappa shape index (κ1) is 41.2. The van der Waals surface area contributed by atoms with Crippen molar-refractivity contribution >= 4 is 38.7 Å². The van der Waals surface area contributed by atoms with Crippen LogP contribution < -0.4 is 4.90 Å². The number of hydrogen-bond donors (Lipinski definition) is 0. The van der Waals surface area contributed by atoms with Crippen LogP contribution in [0.1, 0.15) is 22.6 Å². The Morgan fingerprint density at radius 1 is 0.343 bits per heavy atom. The highest BCUT2D eigenvalue weighted by Gasteiger charge is 2.33. The van der Waals surface area contributed by atoms with Gasteiger partial charge >= 0.3 is 0 Å². The van der Waals surface area contributed by atoms with Gasteiger partial charge in [-0.3, -0.25) is 0 Å². The number of benzene rings is 11. The Hall–Kier alpha value is -8.98. The summed E-state index contributed by atoms with van der Waals surface area (Å²) in [5.41, 5.74) is 21.9. The fourth-order valence-corrected chi connectivity index (χ4v) is 11.0. The molecule has 0 N–H and O–H groups in total. The summed E-state index contributed by atoms with van der Waals surface area (Å²) in [6.45, 7) is 0. The Kier molecular flexibility index (Phi) is 10.4. The topological polar surface area (TPSA) is 8.17 Å². The normalized spacial score (nSPS) is 12.9. The summed E-state index contributed by atoms with van der Waals surface area (Å²) in [6.07, 6.45) is 0.914. The molecule has 0 spiro atoms. The van der Waals surface area contributed by atoms with Gasteiger partial charge in [0, 0.05) is 39.6 Å². The number of para-hydroxylation sites is 2. The molecule has 0 saturated heterocycles. The van der Waals surface area contributed by atoms with Crippen LogP contribution >= 0.6 is 0 Å². The predicted molar refractivity (Wildman–Crippen MR) is 295 cm³/mol. The van der Waals surface area contributed by atoms with Gasteiger partial charge in [-0.2, -0.15) is 0 Å². The standard InChI is InChI=1S/C68H48N2/c1-4-17-47(18-5-1)56-42-57(48-19-6-2-7-20-48)44-58(43-56)51-35-39-61(40-36-51)69(60-37-33-50(34-38-60)53-32-31-49-21-10-11-22-52(49)41-53)62-27-16-24-54(45-62)65-46-55-23-12-13-28-63(55)68-67(65)64-29-14-15-30-66(64)70(68)59-25-8-3-9-26-59/h1-45,65H,46H2. The minimum atomic E-state index is 0.134. The van der Waals surface area contributed by atoms with E-state index in [4.69, 9.17) is 0 Å². The van der Waals surface area contributed by atoms with Gasteiger partial charge in [0.05, 0.1) is 11.2 Å². The number of aromatic nitrogens is 1. The Bertz CT molecular complexity index is 3770. The minimum Gasteiger partial charge on any atom is -0.310 e. The second-order valence-corrected chi connectivity index (χ2v) is 18.5. The summed E-state index contributed by atoms with van der Waals surface area (Å²) in [6, 6.07) is 100. The maximum Gasteiger partial charge on any atom is 0.0582 e. The zero-order chi connectivity index (χ0) is 46.4. The summed E-state index contributed by atoms with van der Waals surface area (Å²) in [5, 5.41) is 3.79. The van der Waals surface area contributed by atoms with Gasteiger partial charge in [0.2, 0.25) is 0 Å². The molecule has 1 unspecified atom stereocenters. The molecule has 2 heteroatoms. The van der Waals surface area contributed by atoms with Crippen molar-refractivity contribution in [1.82, 2.24) is 4.57 Å². The van der Waals surface area contributed by atoms with Crippen molar-refractivity contribution in [2.24, 2.45) is 0 Å². The van der Waals surface area contributed by atoms with Gasteiger partial charge in [-0.1, -0.05) is 194 Å². The van der Waals surface area contributed by atoms with E-state index in [0.717, 1.165) is 23.5 Å². The highest BCUT2D eigenvalue weighted by Crippen LogP contribution is 2.50. The van der Waals surface area contributed by atoms with E-state index in [1.807, 2.05) is 0 Å². The van der Waals surface area contributed by atoms with Crippen LogP contribution in [-0.4, -0.2) is 4.57 Å². The monoisotopic (exact) mass is 892 g/mol. The van der Waals surface area contributed by atoms with Gasteiger partial charge < -0.3 is 9.47 Å². The van der Waals surface area contributed by atoms with Gasteiger partial charge in [0.25, 0.3) is 0 Å². The van der Waals surface area contributed by atoms with E-state index in [1.165, 1.54) is 99.8 Å². The molecule has 1 aliphatic rings. The van der Waals surface area contributed by atoms with E-state index in [-0.39, 0.29) is 5.92 Å². The van der Waals surface area contributed by atoms with Gasteiger partial charge in [-0.15, -0.1) is 0 Å². The van der Waals surface area contributed by atoms with Crippen LogP contribution in [-0.2, 0) is 6.42 Å². The quantitative estimate of drug-likeness (QED) is 0.140. The molecule has 1 heterocycles. The Morgan fingerprint density at radius 3 is 1.54 bits per heavy atom. The number of nitrogens with zero attached hydrogens (tertiary/aromatic N) is 2. The summed E-state index contributed by atoms with van der Waals surface area (Å²) in [5.74, 6) is 0.134. The average Bonchev–Trinajstić information content (AvgIpc) is 3.79. The van der Waals surface area contributed by atoms with E-state index in [1.54, 1.807) is 0 Å². The molecular formula is C68H48N2. The lowest BCUT2D eigenvalue weighted by molar-refractivity contribution is 0.795. The fourth-order valence-electron chi connectivity index (χ4n) is 11.0. The van der Waals surface area contributed by atoms with Crippen molar-refractivity contribution in [3.05, 3.63) is 290 Å². The molecule has 12 aromatic rings. The van der Waals surface area contributed by atoms with E-state index in [2.05, 4.69) is 282 Å². The van der Waals surface area contributed by atoms with Crippen molar-refractivity contribution in [3.63, 3.8) is 0 Å². The van der Waals surface area contributed by atoms with Crippen LogP contribution in [0.4, 0.5) is 17.1 Å². The molecule has 13 rings (SSSR count). The molecular weight excluding hydrogens is 845 g/mol. The lowest BCUT2D eigenvalue weighted by Gasteiger charge is -2.30. The van der Waals surface area contributed by atoms with Crippen LogP contribution in [0.3, 0.4) is 0 Å². The number of rotatable bonds is 9.